The van der Waals surface area contributed by atoms with Gasteiger partial charge in [0.1, 0.15) is 0 Å². The molecule has 0 N–H and O–H groups in total. The van der Waals surface area contributed by atoms with Gasteiger partial charge < -0.3 is 9.30 Å². The minimum atomic E-state index is -0.415. The third kappa shape index (κ3) is 3.72. The summed E-state index contributed by atoms with van der Waals surface area (Å²) in [5.41, 5.74) is 2.85. The Balaban J connectivity index is 1.96. The molecule has 0 radical (unpaired) electrons. The van der Waals surface area contributed by atoms with Gasteiger partial charge in [-0.15, -0.1) is 0 Å². The van der Waals surface area contributed by atoms with Gasteiger partial charge in [0.25, 0.3) is 5.56 Å². The average Bonchev–Trinajstić information content (AvgIpc) is 3.30. The molecule has 1 aromatic carbocycles. The minimum absolute atomic E-state index is 0.178. The van der Waals surface area contributed by atoms with Crippen molar-refractivity contribution in [2.75, 3.05) is 13.7 Å². The van der Waals surface area contributed by atoms with Crippen molar-refractivity contribution >= 4 is 11.2 Å². The van der Waals surface area contributed by atoms with Gasteiger partial charge in [-0.25, -0.2) is 9.48 Å². The Morgan fingerprint density at radius 2 is 1.77 bits per heavy atom. The van der Waals surface area contributed by atoms with E-state index >= 15 is 0 Å². The number of aryl methyl sites for hydroxylation is 5. The number of nitrogens with zero attached hydrogens (tertiary/aromatic N) is 6. The molecule has 0 aliphatic carbocycles. The molecule has 0 aliphatic heterocycles. The molecule has 0 unspecified atom stereocenters. The third-order valence-electron chi connectivity index (χ3n) is 5.40. The van der Waals surface area contributed by atoms with Crippen molar-refractivity contribution in [3.63, 3.8) is 0 Å². The first kappa shape index (κ1) is 20.8. The van der Waals surface area contributed by atoms with Crippen LogP contribution in [-0.2, 0) is 31.3 Å². The topological polar surface area (TPSA) is 88.9 Å². The molecule has 9 nitrogen and oxygen atoms in total. The second-order valence-electron chi connectivity index (χ2n) is 7.60. The molecule has 3 aromatic heterocycles. The standard InChI is InChI=1S/C22H26N6O3/c1-15-14-16(2)28(24-15)21-23-19-18(26(21)11-10-17-8-6-5-7-9-17)20(29)27(12-13-31-4)22(30)25(19)3/h5-9,14H,10-13H2,1-4H3. The van der Waals surface area contributed by atoms with E-state index in [0.29, 0.717) is 30.1 Å². The first-order valence-electron chi connectivity index (χ1n) is 10.2. The van der Waals surface area contributed by atoms with Crippen LogP contribution in [0.15, 0.2) is 46.0 Å². The van der Waals surface area contributed by atoms with Gasteiger partial charge in [-0.05, 0) is 31.9 Å². The number of hydrogen-bond acceptors (Lipinski definition) is 5. The van der Waals surface area contributed by atoms with Crippen LogP contribution in [0.25, 0.3) is 17.1 Å². The highest BCUT2D eigenvalue weighted by atomic mass is 16.5. The van der Waals surface area contributed by atoms with Crippen LogP contribution in [-0.4, -0.2) is 42.2 Å². The zero-order valence-electron chi connectivity index (χ0n) is 18.2. The fraction of sp³-hybridized carbons (Fsp3) is 0.364. The fourth-order valence-electron chi connectivity index (χ4n) is 3.83. The van der Waals surface area contributed by atoms with E-state index in [4.69, 9.17) is 9.72 Å². The zero-order valence-corrected chi connectivity index (χ0v) is 18.2. The Morgan fingerprint density at radius 3 is 2.42 bits per heavy atom. The van der Waals surface area contributed by atoms with Gasteiger partial charge in [0, 0.05) is 26.4 Å². The minimum Gasteiger partial charge on any atom is -0.383 e. The van der Waals surface area contributed by atoms with E-state index < -0.39 is 5.69 Å². The van der Waals surface area contributed by atoms with Crippen LogP contribution >= 0.6 is 0 Å². The zero-order chi connectivity index (χ0) is 22.1. The van der Waals surface area contributed by atoms with Crippen molar-refractivity contribution in [2.24, 2.45) is 7.05 Å². The number of imidazole rings is 1. The molecule has 31 heavy (non-hydrogen) atoms. The second kappa shape index (κ2) is 8.35. The third-order valence-corrected chi connectivity index (χ3v) is 5.40. The van der Waals surface area contributed by atoms with Crippen molar-refractivity contribution in [2.45, 2.75) is 33.4 Å². The summed E-state index contributed by atoms with van der Waals surface area (Å²) >= 11 is 0. The lowest BCUT2D eigenvalue weighted by Crippen LogP contribution is -2.40. The largest absolute Gasteiger partial charge is 0.383 e. The highest BCUT2D eigenvalue weighted by Crippen LogP contribution is 2.18. The number of hydrogen-bond donors (Lipinski definition) is 0. The number of aromatic nitrogens is 6. The molecule has 4 aromatic rings. The molecule has 0 bridgehead atoms. The maximum Gasteiger partial charge on any atom is 0.332 e. The Bertz CT molecular complexity index is 1340. The van der Waals surface area contributed by atoms with Gasteiger partial charge >= 0.3 is 5.69 Å². The summed E-state index contributed by atoms with van der Waals surface area (Å²) in [6, 6.07) is 12.0. The fourth-order valence-corrected chi connectivity index (χ4v) is 3.83. The van der Waals surface area contributed by atoms with Crippen LogP contribution in [0.3, 0.4) is 0 Å². The van der Waals surface area contributed by atoms with Gasteiger partial charge in [-0.2, -0.15) is 10.1 Å². The molecule has 0 aliphatic rings. The number of rotatable bonds is 7. The Morgan fingerprint density at radius 1 is 1.03 bits per heavy atom. The van der Waals surface area contributed by atoms with Crippen molar-refractivity contribution in [1.82, 2.24) is 28.5 Å². The Hall–Kier alpha value is -3.46. The van der Waals surface area contributed by atoms with E-state index in [1.165, 1.54) is 9.13 Å². The van der Waals surface area contributed by atoms with Gasteiger partial charge in [0.05, 0.1) is 18.8 Å². The summed E-state index contributed by atoms with van der Waals surface area (Å²) in [6.07, 6.45) is 0.707. The highest BCUT2D eigenvalue weighted by molar-refractivity contribution is 5.72. The Labute approximate surface area is 179 Å². The normalized spacial score (nSPS) is 11.5. The van der Waals surface area contributed by atoms with Crippen LogP contribution in [0.1, 0.15) is 17.0 Å². The number of methoxy groups -OCH3 is 1. The summed E-state index contributed by atoms with van der Waals surface area (Å²) in [5.74, 6) is 0.521. The molecule has 3 heterocycles. The first-order chi connectivity index (χ1) is 14.9. The molecular formula is C22H26N6O3. The molecule has 0 saturated heterocycles. The molecule has 162 valence electrons. The van der Waals surface area contributed by atoms with E-state index in [2.05, 4.69) is 17.2 Å². The quantitative estimate of drug-likeness (QED) is 0.451. The Kier molecular flexibility index (Phi) is 5.60. The van der Waals surface area contributed by atoms with Gasteiger partial charge in [-0.1, -0.05) is 30.3 Å². The van der Waals surface area contributed by atoms with Gasteiger partial charge in [0.2, 0.25) is 5.95 Å². The van der Waals surface area contributed by atoms with E-state index in [0.717, 1.165) is 17.0 Å². The lowest BCUT2D eigenvalue weighted by atomic mass is 10.1. The van der Waals surface area contributed by atoms with E-state index in [9.17, 15) is 9.59 Å². The molecule has 0 atom stereocenters. The molecule has 0 fully saturated rings. The number of ether oxygens (including phenoxy) is 1. The van der Waals surface area contributed by atoms with Crippen molar-refractivity contribution in [3.05, 3.63) is 74.2 Å². The predicted molar refractivity (Wildman–Crippen MR) is 118 cm³/mol. The average molecular weight is 422 g/mol. The van der Waals surface area contributed by atoms with Crippen LogP contribution in [0.2, 0.25) is 0 Å². The van der Waals surface area contributed by atoms with Crippen molar-refractivity contribution in [3.8, 4) is 5.95 Å². The summed E-state index contributed by atoms with van der Waals surface area (Å²) < 4.78 is 11.3. The van der Waals surface area contributed by atoms with E-state index in [1.54, 1.807) is 18.8 Å². The van der Waals surface area contributed by atoms with E-state index in [1.807, 2.05) is 42.7 Å². The predicted octanol–water partition coefficient (Wildman–Crippen LogP) is 1.59. The molecule has 0 spiro atoms. The van der Waals surface area contributed by atoms with Gasteiger partial charge in [-0.3, -0.25) is 13.9 Å². The SMILES string of the molecule is COCCn1c(=O)c2c(nc(-n3nc(C)cc3C)n2CCc2ccccc2)n(C)c1=O. The summed E-state index contributed by atoms with van der Waals surface area (Å²) in [4.78, 5) is 30.9. The lowest BCUT2D eigenvalue weighted by Gasteiger charge is -2.11. The lowest BCUT2D eigenvalue weighted by molar-refractivity contribution is 0.184. The van der Waals surface area contributed by atoms with Crippen molar-refractivity contribution < 1.29 is 4.74 Å². The number of fused-ring (bicyclic) bond motifs is 1. The molecule has 0 saturated carbocycles. The first-order valence-corrected chi connectivity index (χ1v) is 10.2. The van der Waals surface area contributed by atoms with E-state index in [-0.39, 0.29) is 18.7 Å². The van der Waals surface area contributed by atoms with Crippen LogP contribution in [0.4, 0.5) is 0 Å². The summed E-state index contributed by atoms with van der Waals surface area (Å²) in [5, 5.41) is 4.56. The van der Waals surface area contributed by atoms with Crippen LogP contribution in [0, 0.1) is 13.8 Å². The summed E-state index contributed by atoms with van der Waals surface area (Å²) in [6.45, 7) is 4.82. The van der Waals surface area contributed by atoms with Gasteiger partial charge in [0.15, 0.2) is 11.2 Å². The maximum absolute atomic E-state index is 13.4. The smallest absolute Gasteiger partial charge is 0.332 e. The molecule has 9 heteroatoms. The van der Waals surface area contributed by atoms with Crippen molar-refractivity contribution in [1.29, 1.82) is 0 Å². The highest BCUT2D eigenvalue weighted by Gasteiger charge is 2.22. The second-order valence-corrected chi connectivity index (χ2v) is 7.60. The molecular weight excluding hydrogens is 396 g/mol. The molecule has 0 amide bonds. The number of benzene rings is 1. The monoisotopic (exact) mass is 422 g/mol. The van der Waals surface area contributed by atoms with Crippen LogP contribution < -0.4 is 11.2 Å². The van der Waals surface area contributed by atoms with Crippen LogP contribution in [0.5, 0.6) is 0 Å². The summed E-state index contributed by atoms with van der Waals surface area (Å²) in [7, 11) is 3.17. The molecule has 4 rings (SSSR count). The maximum atomic E-state index is 13.4.